The number of methoxy groups -OCH3 is 2. The fourth-order valence-electron chi connectivity index (χ4n) is 0.761. The van der Waals surface area contributed by atoms with Gasteiger partial charge in [0.25, 0.3) is 5.95 Å². The van der Waals surface area contributed by atoms with Gasteiger partial charge in [-0.2, -0.15) is 4.39 Å². The van der Waals surface area contributed by atoms with Gasteiger partial charge in [0.1, 0.15) is 0 Å². The first-order valence-corrected chi connectivity index (χ1v) is 3.07. The predicted octanol–water partition coefficient (Wildman–Crippen LogP) is -0.0738. The first-order chi connectivity index (χ1) is 5.70. The van der Waals surface area contributed by atoms with Gasteiger partial charge < -0.3 is 9.47 Å². The average Bonchev–Trinajstić information content (AvgIpc) is 2.08. The van der Waals surface area contributed by atoms with Crippen molar-refractivity contribution >= 4 is 0 Å². The molecule has 0 bridgehead atoms. The van der Waals surface area contributed by atoms with Crippen molar-refractivity contribution in [2.24, 2.45) is 0 Å². The van der Waals surface area contributed by atoms with Crippen LogP contribution in [0.5, 0.6) is 11.5 Å². The number of aromatic amines is 1. The molecule has 0 amide bonds. The van der Waals surface area contributed by atoms with Crippen molar-refractivity contribution in [2.75, 3.05) is 14.2 Å². The van der Waals surface area contributed by atoms with Crippen LogP contribution in [0.25, 0.3) is 0 Å². The number of nitrogens with one attached hydrogen (secondary N) is 1. The number of halogens is 1. The molecule has 12 heavy (non-hydrogen) atoms. The predicted molar refractivity (Wildman–Crippen MR) is 37.9 cm³/mol. The molecule has 0 radical (unpaired) electrons. The van der Waals surface area contributed by atoms with Gasteiger partial charge in [0.15, 0.2) is 0 Å². The number of aromatic nitrogens is 2. The van der Waals surface area contributed by atoms with Crippen LogP contribution in [0.4, 0.5) is 4.39 Å². The lowest BCUT2D eigenvalue weighted by atomic mass is 10.4. The molecule has 0 aliphatic heterocycles. The van der Waals surface area contributed by atoms with Crippen LogP contribution in [0, 0.1) is 5.95 Å². The Morgan fingerprint density at radius 2 is 1.92 bits per heavy atom. The van der Waals surface area contributed by atoms with E-state index in [2.05, 4.69) is 14.6 Å². The molecule has 0 aliphatic carbocycles. The van der Waals surface area contributed by atoms with Crippen LogP contribution in [0.15, 0.2) is 4.79 Å². The van der Waals surface area contributed by atoms with E-state index in [4.69, 9.17) is 0 Å². The molecule has 1 N–H and O–H groups in total. The van der Waals surface area contributed by atoms with E-state index in [-0.39, 0.29) is 11.5 Å². The van der Waals surface area contributed by atoms with Gasteiger partial charge in [-0.1, -0.05) is 0 Å². The molecule has 0 spiro atoms. The molecule has 5 nitrogen and oxygen atoms in total. The lowest BCUT2D eigenvalue weighted by Crippen LogP contribution is -2.14. The number of ether oxygens (including phenoxy) is 2. The van der Waals surface area contributed by atoms with Crippen LogP contribution < -0.4 is 15.0 Å². The maximum Gasteiger partial charge on any atom is 0.310 e. The summed E-state index contributed by atoms with van der Waals surface area (Å²) in [4.78, 5) is 10.9. The molecule has 0 saturated heterocycles. The molecule has 1 heterocycles. The minimum absolute atomic E-state index is 0.218. The van der Waals surface area contributed by atoms with Crippen molar-refractivity contribution in [1.29, 1.82) is 0 Å². The molecule has 0 saturated carbocycles. The van der Waals surface area contributed by atoms with Gasteiger partial charge in [0.05, 0.1) is 14.2 Å². The Morgan fingerprint density at radius 1 is 1.33 bits per heavy atom. The van der Waals surface area contributed by atoms with E-state index < -0.39 is 11.5 Å². The van der Waals surface area contributed by atoms with Gasteiger partial charge >= 0.3 is 5.56 Å². The lowest BCUT2D eigenvalue weighted by Gasteiger charge is -2.04. The van der Waals surface area contributed by atoms with E-state index in [0.29, 0.717) is 0 Å². The summed E-state index contributed by atoms with van der Waals surface area (Å²) in [6, 6.07) is 0. The second-order valence-electron chi connectivity index (χ2n) is 1.91. The first kappa shape index (κ1) is 8.51. The van der Waals surface area contributed by atoms with Crippen molar-refractivity contribution < 1.29 is 13.9 Å². The van der Waals surface area contributed by atoms with Crippen molar-refractivity contribution in [1.82, 2.24) is 10.2 Å². The average molecular weight is 174 g/mol. The Balaban J connectivity index is 3.39. The lowest BCUT2D eigenvalue weighted by molar-refractivity contribution is 0.323. The summed E-state index contributed by atoms with van der Waals surface area (Å²) < 4.78 is 21.9. The Bertz CT molecular complexity index is 336. The van der Waals surface area contributed by atoms with E-state index in [9.17, 15) is 9.18 Å². The second-order valence-corrected chi connectivity index (χ2v) is 1.91. The summed E-state index contributed by atoms with van der Waals surface area (Å²) in [5, 5.41) is 4.96. The molecule has 0 fully saturated rings. The van der Waals surface area contributed by atoms with E-state index in [1.165, 1.54) is 14.2 Å². The Morgan fingerprint density at radius 3 is 2.33 bits per heavy atom. The molecule has 66 valence electrons. The van der Waals surface area contributed by atoms with E-state index in [0.717, 1.165) is 0 Å². The van der Waals surface area contributed by atoms with Gasteiger partial charge in [-0.05, 0) is 0 Å². The molecular weight excluding hydrogens is 167 g/mol. The molecule has 0 aliphatic rings. The topological polar surface area (TPSA) is 64.2 Å². The largest absolute Gasteiger partial charge is 0.489 e. The quantitative estimate of drug-likeness (QED) is 0.681. The minimum Gasteiger partial charge on any atom is -0.489 e. The van der Waals surface area contributed by atoms with Gasteiger partial charge in [0, 0.05) is 0 Å². The highest BCUT2D eigenvalue weighted by molar-refractivity contribution is 5.35. The van der Waals surface area contributed by atoms with Crippen molar-refractivity contribution in [2.45, 2.75) is 0 Å². The van der Waals surface area contributed by atoms with Crippen LogP contribution in [-0.2, 0) is 0 Å². The summed E-state index contributed by atoms with van der Waals surface area (Å²) in [6.07, 6.45) is 0. The molecule has 1 rings (SSSR count). The number of hydrogen-bond donors (Lipinski definition) is 1. The number of rotatable bonds is 2. The normalized spacial score (nSPS) is 9.58. The van der Waals surface area contributed by atoms with Crippen molar-refractivity contribution in [3.8, 4) is 11.5 Å². The van der Waals surface area contributed by atoms with Gasteiger partial charge in [-0.15, -0.1) is 5.10 Å². The molecule has 6 heteroatoms. The summed E-state index contributed by atoms with van der Waals surface area (Å²) in [7, 11) is 2.47. The third-order valence-corrected chi connectivity index (χ3v) is 1.26. The summed E-state index contributed by atoms with van der Waals surface area (Å²) >= 11 is 0. The van der Waals surface area contributed by atoms with Gasteiger partial charge in [-0.3, -0.25) is 4.79 Å². The van der Waals surface area contributed by atoms with E-state index >= 15 is 0 Å². The Kier molecular flexibility index (Phi) is 2.27. The molecule has 1 aromatic heterocycles. The fourth-order valence-corrected chi connectivity index (χ4v) is 0.761. The van der Waals surface area contributed by atoms with Crippen LogP contribution in [0.3, 0.4) is 0 Å². The zero-order chi connectivity index (χ0) is 9.14. The SMILES string of the molecule is COc1c(F)n[nH]c(=O)c1OC. The highest BCUT2D eigenvalue weighted by Gasteiger charge is 2.14. The molecular formula is C6H7FN2O3. The van der Waals surface area contributed by atoms with E-state index in [1.54, 1.807) is 0 Å². The van der Waals surface area contributed by atoms with Crippen LogP contribution in [0.2, 0.25) is 0 Å². The van der Waals surface area contributed by atoms with Crippen LogP contribution >= 0.6 is 0 Å². The van der Waals surface area contributed by atoms with E-state index in [1.807, 2.05) is 5.10 Å². The summed E-state index contributed by atoms with van der Waals surface area (Å²) in [5.74, 6) is -1.42. The van der Waals surface area contributed by atoms with Crippen LogP contribution in [0.1, 0.15) is 0 Å². The third-order valence-electron chi connectivity index (χ3n) is 1.26. The maximum atomic E-state index is 12.7. The molecule has 1 aromatic rings. The number of nitrogens with zero attached hydrogens (tertiary/aromatic N) is 1. The maximum absolute atomic E-state index is 12.7. The van der Waals surface area contributed by atoms with Crippen LogP contribution in [-0.4, -0.2) is 24.4 Å². The Labute approximate surface area is 67.1 Å². The Hall–Kier alpha value is -1.59. The standard InChI is InChI=1S/C6H7FN2O3/c1-11-3-4(12-2)6(10)9-8-5(3)7/h1-2H3,(H,9,10). The van der Waals surface area contributed by atoms with Crippen molar-refractivity contribution in [3.05, 3.63) is 16.3 Å². The fraction of sp³-hybridized carbons (Fsp3) is 0.333. The van der Waals surface area contributed by atoms with Crippen molar-refractivity contribution in [3.63, 3.8) is 0 Å². The molecule has 0 unspecified atom stereocenters. The molecule has 0 aromatic carbocycles. The number of hydrogen-bond acceptors (Lipinski definition) is 4. The summed E-state index contributed by atoms with van der Waals surface area (Å²) in [5.41, 5.74) is -0.629. The summed E-state index contributed by atoms with van der Waals surface area (Å²) in [6.45, 7) is 0. The smallest absolute Gasteiger partial charge is 0.310 e. The number of H-pyrrole nitrogens is 1. The first-order valence-electron chi connectivity index (χ1n) is 3.07. The van der Waals surface area contributed by atoms with Gasteiger partial charge in [-0.25, -0.2) is 5.10 Å². The zero-order valence-corrected chi connectivity index (χ0v) is 6.55. The highest BCUT2D eigenvalue weighted by Crippen LogP contribution is 2.22. The minimum atomic E-state index is -0.908. The zero-order valence-electron chi connectivity index (χ0n) is 6.55. The second kappa shape index (κ2) is 3.21. The molecule has 0 atom stereocenters. The monoisotopic (exact) mass is 174 g/mol. The third kappa shape index (κ3) is 1.23. The van der Waals surface area contributed by atoms with Gasteiger partial charge in [0.2, 0.25) is 11.5 Å². The highest BCUT2D eigenvalue weighted by atomic mass is 19.1.